The van der Waals surface area contributed by atoms with Crippen molar-refractivity contribution in [3.63, 3.8) is 0 Å². The monoisotopic (exact) mass is 368 g/mol. The van der Waals surface area contributed by atoms with Gasteiger partial charge in [-0.15, -0.1) is 0 Å². The first kappa shape index (κ1) is 18.9. The molecule has 1 fully saturated rings. The number of nitrogens with zero attached hydrogens (tertiary/aromatic N) is 2. The fourth-order valence-electron chi connectivity index (χ4n) is 3.52. The number of ether oxygens (including phenoxy) is 1. The zero-order valence-corrected chi connectivity index (χ0v) is 15.7. The van der Waals surface area contributed by atoms with E-state index in [1.54, 1.807) is 36.4 Å². The molecule has 0 aliphatic carbocycles. The predicted octanol–water partition coefficient (Wildman–Crippen LogP) is 4.46. The number of nitro benzene ring substituents is 1. The second-order valence-corrected chi connectivity index (χ2v) is 6.94. The van der Waals surface area contributed by atoms with Gasteiger partial charge in [-0.2, -0.15) is 0 Å². The number of hydrogen-bond acceptors (Lipinski definition) is 5. The molecular formula is C21H24N2O4. The molecule has 2 aromatic rings. The van der Waals surface area contributed by atoms with Crippen molar-refractivity contribution in [1.82, 2.24) is 0 Å². The highest BCUT2D eigenvalue weighted by Crippen LogP contribution is 2.33. The molecule has 1 saturated heterocycles. The molecule has 0 amide bonds. The average molecular weight is 368 g/mol. The molecule has 0 saturated carbocycles. The average Bonchev–Trinajstić information content (AvgIpc) is 2.68. The van der Waals surface area contributed by atoms with Crippen LogP contribution in [0.15, 0.2) is 42.5 Å². The minimum atomic E-state index is -0.399. The van der Waals surface area contributed by atoms with Crippen molar-refractivity contribution in [3.05, 3.63) is 63.7 Å². The van der Waals surface area contributed by atoms with Crippen molar-refractivity contribution in [2.75, 3.05) is 24.6 Å². The minimum Gasteiger partial charge on any atom is -0.494 e. The fraction of sp³-hybridized carbons (Fsp3) is 0.381. The van der Waals surface area contributed by atoms with Crippen LogP contribution in [-0.2, 0) is 0 Å². The number of benzene rings is 2. The molecule has 6 nitrogen and oxygen atoms in total. The van der Waals surface area contributed by atoms with Gasteiger partial charge in [0, 0.05) is 30.3 Å². The SMILES string of the molecule is CCOc1ccc(C(=O)c2ccc(N3CCC[C@H](C)C3)c([N+](=O)[O-])c2)cc1. The maximum Gasteiger partial charge on any atom is 0.293 e. The molecule has 0 aromatic heterocycles. The lowest BCUT2D eigenvalue weighted by Gasteiger charge is -2.32. The van der Waals surface area contributed by atoms with Crippen LogP contribution in [0.5, 0.6) is 5.75 Å². The third-order valence-corrected chi connectivity index (χ3v) is 4.86. The van der Waals surface area contributed by atoms with Crippen molar-refractivity contribution in [2.45, 2.75) is 26.7 Å². The molecule has 0 bridgehead atoms. The Morgan fingerprint density at radius 2 is 1.93 bits per heavy atom. The van der Waals surface area contributed by atoms with E-state index < -0.39 is 4.92 Å². The van der Waals surface area contributed by atoms with E-state index in [1.165, 1.54) is 6.07 Å². The fourth-order valence-corrected chi connectivity index (χ4v) is 3.52. The van der Waals surface area contributed by atoms with Crippen LogP contribution in [0.4, 0.5) is 11.4 Å². The van der Waals surface area contributed by atoms with Gasteiger partial charge in [0.25, 0.3) is 5.69 Å². The predicted molar refractivity (Wildman–Crippen MR) is 105 cm³/mol. The normalized spacial score (nSPS) is 16.8. The molecule has 1 heterocycles. The Kier molecular flexibility index (Phi) is 5.74. The molecule has 0 unspecified atom stereocenters. The molecule has 3 rings (SSSR count). The van der Waals surface area contributed by atoms with Crippen molar-refractivity contribution in [1.29, 1.82) is 0 Å². The first-order valence-corrected chi connectivity index (χ1v) is 9.30. The minimum absolute atomic E-state index is 0.0131. The van der Waals surface area contributed by atoms with Gasteiger partial charge in [-0.1, -0.05) is 6.92 Å². The summed E-state index contributed by atoms with van der Waals surface area (Å²) < 4.78 is 5.38. The Labute approximate surface area is 158 Å². The van der Waals surface area contributed by atoms with Crippen molar-refractivity contribution in [3.8, 4) is 5.75 Å². The highest BCUT2D eigenvalue weighted by atomic mass is 16.6. The van der Waals surface area contributed by atoms with Gasteiger partial charge < -0.3 is 9.64 Å². The van der Waals surface area contributed by atoms with E-state index in [9.17, 15) is 14.9 Å². The molecule has 0 radical (unpaired) electrons. The van der Waals surface area contributed by atoms with Crippen LogP contribution in [-0.4, -0.2) is 30.4 Å². The first-order valence-electron chi connectivity index (χ1n) is 9.30. The lowest BCUT2D eigenvalue weighted by molar-refractivity contribution is -0.384. The van der Waals surface area contributed by atoms with E-state index in [1.807, 2.05) is 6.92 Å². The quantitative estimate of drug-likeness (QED) is 0.427. The molecular weight excluding hydrogens is 344 g/mol. The molecule has 2 aromatic carbocycles. The van der Waals surface area contributed by atoms with Crippen molar-refractivity contribution < 1.29 is 14.5 Å². The largest absolute Gasteiger partial charge is 0.494 e. The third kappa shape index (κ3) is 4.27. The van der Waals surface area contributed by atoms with Crippen LogP contribution < -0.4 is 9.64 Å². The summed E-state index contributed by atoms with van der Waals surface area (Å²) in [5, 5.41) is 11.6. The van der Waals surface area contributed by atoms with E-state index in [0.717, 1.165) is 25.9 Å². The topological polar surface area (TPSA) is 72.7 Å². The molecule has 6 heteroatoms. The Hall–Kier alpha value is -2.89. The highest BCUT2D eigenvalue weighted by Gasteiger charge is 2.25. The summed E-state index contributed by atoms with van der Waals surface area (Å²) in [6.07, 6.45) is 2.16. The smallest absolute Gasteiger partial charge is 0.293 e. The van der Waals surface area contributed by atoms with E-state index >= 15 is 0 Å². The van der Waals surface area contributed by atoms with Gasteiger partial charge >= 0.3 is 0 Å². The molecule has 1 aliphatic rings. The van der Waals surface area contributed by atoms with Crippen LogP contribution in [0.25, 0.3) is 0 Å². The van der Waals surface area contributed by atoms with Crippen LogP contribution in [0, 0.1) is 16.0 Å². The number of carbonyl (C=O) groups is 1. The van der Waals surface area contributed by atoms with Gasteiger partial charge in [0.05, 0.1) is 11.5 Å². The van der Waals surface area contributed by atoms with Crippen LogP contribution in [0.3, 0.4) is 0 Å². The molecule has 27 heavy (non-hydrogen) atoms. The van der Waals surface area contributed by atoms with E-state index in [-0.39, 0.29) is 11.5 Å². The van der Waals surface area contributed by atoms with Gasteiger partial charge in [0.15, 0.2) is 5.78 Å². The Morgan fingerprint density at radius 3 is 2.56 bits per heavy atom. The number of hydrogen-bond donors (Lipinski definition) is 0. The number of anilines is 1. The van der Waals surface area contributed by atoms with Crippen LogP contribution in [0.1, 0.15) is 42.6 Å². The molecule has 142 valence electrons. The summed E-state index contributed by atoms with van der Waals surface area (Å²) in [5.41, 5.74) is 1.38. The van der Waals surface area contributed by atoms with Gasteiger partial charge in [-0.3, -0.25) is 14.9 Å². The number of nitro groups is 1. The van der Waals surface area contributed by atoms with Crippen LogP contribution >= 0.6 is 0 Å². The van der Waals surface area contributed by atoms with Gasteiger partial charge in [-0.05, 0) is 62.1 Å². The third-order valence-electron chi connectivity index (χ3n) is 4.86. The summed E-state index contributed by atoms with van der Waals surface area (Å²) in [6, 6.07) is 11.6. The van der Waals surface area contributed by atoms with Crippen molar-refractivity contribution >= 4 is 17.2 Å². The molecule has 0 spiro atoms. The van der Waals surface area contributed by atoms with E-state index in [2.05, 4.69) is 11.8 Å². The zero-order chi connectivity index (χ0) is 19.4. The summed E-state index contributed by atoms with van der Waals surface area (Å²) in [7, 11) is 0. The number of carbonyl (C=O) groups excluding carboxylic acids is 1. The van der Waals surface area contributed by atoms with Crippen LogP contribution in [0.2, 0.25) is 0 Å². The van der Waals surface area contributed by atoms with Gasteiger partial charge in [0.1, 0.15) is 11.4 Å². The second kappa shape index (κ2) is 8.20. The molecule has 1 atom stereocenters. The van der Waals surface area contributed by atoms with E-state index in [4.69, 9.17) is 4.74 Å². The number of rotatable bonds is 6. The lowest BCUT2D eigenvalue weighted by atomic mass is 9.98. The van der Waals surface area contributed by atoms with Gasteiger partial charge in [-0.25, -0.2) is 0 Å². The highest BCUT2D eigenvalue weighted by molar-refractivity contribution is 6.09. The number of ketones is 1. The summed E-state index contributed by atoms with van der Waals surface area (Å²) >= 11 is 0. The maximum absolute atomic E-state index is 12.8. The molecule has 0 N–H and O–H groups in total. The van der Waals surface area contributed by atoms with Gasteiger partial charge in [0.2, 0.25) is 0 Å². The summed E-state index contributed by atoms with van der Waals surface area (Å²) in [5.74, 6) is 0.956. The number of piperidine rings is 1. The zero-order valence-electron chi connectivity index (χ0n) is 15.7. The summed E-state index contributed by atoms with van der Waals surface area (Å²) in [6.45, 7) is 6.20. The standard InChI is InChI=1S/C21H24N2O4/c1-3-27-18-9-6-16(7-10-18)21(24)17-8-11-19(20(13-17)23(25)26)22-12-4-5-15(2)14-22/h6-11,13,15H,3-5,12,14H2,1-2H3/t15-/m0/s1. The Morgan fingerprint density at radius 1 is 1.22 bits per heavy atom. The van der Waals surface area contributed by atoms with E-state index in [0.29, 0.717) is 35.1 Å². The lowest BCUT2D eigenvalue weighted by Crippen LogP contribution is -2.34. The first-order chi connectivity index (χ1) is 13.0. The molecule has 1 aliphatic heterocycles. The summed E-state index contributed by atoms with van der Waals surface area (Å²) in [4.78, 5) is 26.0. The Balaban J connectivity index is 1.89. The maximum atomic E-state index is 12.8. The second-order valence-electron chi connectivity index (χ2n) is 6.94. The van der Waals surface area contributed by atoms with Crippen molar-refractivity contribution in [2.24, 2.45) is 5.92 Å². The Bertz CT molecular complexity index is 833.